The summed E-state index contributed by atoms with van der Waals surface area (Å²) in [6, 6.07) is 8.01. The third-order valence-electron chi connectivity index (χ3n) is 2.37. The standard InChI is InChI=1S/C13H12N2O2/c1-9-4-3-5-10(6-9)11-7-14-12(15-8-11)13(16)17-2/h3-8H,1-2H3. The lowest BCUT2D eigenvalue weighted by atomic mass is 10.1. The molecule has 0 amide bonds. The maximum Gasteiger partial charge on any atom is 0.376 e. The number of hydrogen-bond donors (Lipinski definition) is 0. The van der Waals surface area contributed by atoms with Gasteiger partial charge in [0.2, 0.25) is 5.82 Å². The Bertz CT molecular complexity index is 535. The van der Waals surface area contributed by atoms with Crippen molar-refractivity contribution < 1.29 is 9.53 Å². The number of ether oxygens (including phenoxy) is 1. The van der Waals surface area contributed by atoms with Crippen LogP contribution in [0.2, 0.25) is 0 Å². The van der Waals surface area contributed by atoms with Crippen LogP contribution in [-0.4, -0.2) is 23.0 Å². The van der Waals surface area contributed by atoms with E-state index in [2.05, 4.69) is 14.7 Å². The molecule has 0 aliphatic rings. The third-order valence-corrected chi connectivity index (χ3v) is 2.37. The summed E-state index contributed by atoms with van der Waals surface area (Å²) in [4.78, 5) is 19.1. The lowest BCUT2D eigenvalue weighted by Crippen LogP contribution is -2.06. The first-order chi connectivity index (χ1) is 8.20. The Balaban J connectivity index is 2.32. The first-order valence-corrected chi connectivity index (χ1v) is 5.18. The monoisotopic (exact) mass is 228 g/mol. The molecule has 0 bridgehead atoms. The van der Waals surface area contributed by atoms with E-state index >= 15 is 0 Å². The molecule has 17 heavy (non-hydrogen) atoms. The molecule has 1 aromatic carbocycles. The van der Waals surface area contributed by atoms with Gasteiger partial charge in [0.25, 0.3) is 0 Å². The molecule has 0 N–H and O–H groups in total. The van der Waals surface area contributed by atoms with Crippen LogP contribution < -0.4 is 0 Å². The molecule has 0 spiro atoms. The second-order valence-corrected chi connectivity index (χ2v) is 3.66. The van der Waals surface area contributed by atoms with Crippen molar-refractivity contribution in [1.29, 1.82) is 0 Å². The Morgan fingerprint density at radius 3 is 2.47 bits per heavy atom. The van der Waals surface area contributed by atoms with Gasteiger partial charge in [-0.15, -0.1) is 0 Å². The van der Waals surface area contributed by atoms with E-state index in [0.717, 1.165) is 11.1 Å². The predicted octanol–water partition coefficient (Wildman–Crippen LogP) is 2.24. The Morgan fingerprint density at radius 2 is 1.88 bits per heavy atom. The highest BCUT2D eigenvalue weighted by Gasteiger charge is 2.08. The van der Waals surface area contributed by atoms with Crippen LogP contribution in [0.1, 0.15) is 16.2 Å². The van der Waals surface area contributed by atoms with Crippen LogP contribution in [-0.2, 0) is 4.74 Å². The van der Waals surface area contributed by atoms with Crippen LogP contribution in [0.25, 0.3) is 11.1 Å². The molecule has 2 rings (SSSR count). The largest absolute Gasteiger partial charge is 0.463 e. The third kappa shape index (κ3) is 2.47. The summed E-state index contributed by atoms with van der Waals surface area (Å²) in [5, 5.41) is 0. The maximum atomic E-state index is 11.2. The molecule has 0 aliphatic carbocycles. The van der Waals surface area contributed by atoms with Gasteiger partial charge in [0.15, 0.2) is 0 Å². The molecule has 0 saturated carbocycles. The van der Waals surface area contributed by atoms with Gasteiger partial charge in [-0.05, 0) is 12.5 Å². The Hall–Kier alpha value is -2.23. The van der Waals surface area contributed by atoms with Crippen molar-refractivity contribution >= 4 is 5.97 Å². The molecule has 86 valence electrons. The number of nitrogens with zero attached hydrogens (tertiary/aromatic N) is 2. The van der Waals surface area contributed by atoms with Gasteiger partial charge in [-0.3, -0.25) is 0 Å². The molecule has 1 heterocycles. The summed E-state index contributed by atoms with van der Waals surface area (Å²) in [5.41, 5.74) is 3.07. The van der Waals surface area contributed by atoms with E-state index in [-0.39, 0.29) is 5.82 Å². The maximum absolute atomic E-state index is 11.2. The zero-order valence-electron chi connectivity index (χ0n) is 9.68. The fourth-order valence-corrected chi connectivity index (χ4v) is 1.50. The molecule has 1 aromatic heterocycles. The van der Waals surface area contributed by atoms with Crippen molar-refractivity contribution in [1.82, 2.24) is 9.97 Å². The molecule has 2 aromatic rings. The van der Waals surface area contributed by atoms with Crippen molar-refractivity contribution in [3.8, 4) is 11.1 Å². The lowest BCUT2D eigenvalue weighted by molar-refractivity contribution is 0.0586. The highest BCUT2D eigenvalue weighted by molar-refractivity contribution is 5.85. The van der Waals surface area contributed by atoms with E-state index in [1.807, 2.05) is 31.2 Å². The number of hydrogen-bond acceptors (Lipinski definition) is 4. The molecule has 0 aliphatic heterocycles. The van der Waals surface area contributed by atoms with E-state index in [9.17, 15) is 4.79 Å². The second-order valence-electron chi connectivity index (χ2n) is 3.66. The number of methoxy groups -OCH3 is 1. The van der Waals surface area contributed by atoms with E-state index in [0.29, 0.717) is 0 Å². The fraction of sp³-hybridized carbons (Fsp3) is 0.154. The molecule has 0 atom stereocenters. The van der Waals surface area contributed by atoms with Crippen molar-refractivity contribution in [2.24, 2.45) is 0 Å². The molecule has 4 heteroatoms. The Kier molecular flexibility index (Phi) is 3.14. The van der Waals surface area contributed by atoms with Crippen LogP contribution in [0, 0.1) is 6.92 Å². The number of rotatable bonds is 2. The molecule has 4 nitrogen and oxygen atoms in total. The van der Waals surface area contributed by atoms with E-state index in [1.165, 1.54) is 12.7 Å². The topological polar surface area (TPSA) is 52.1 Å². The summed E-state index contributed by atoms with van der Waals surface area (Å²) in [6.45, 7) is 2.02. The highest BCUT2D eigenvalue weighted by Crippen LogP contribution is 2.18. The SMILES string of the molecule is COC(=O)c1ncc(-c2cccc(C)c2)cn1. The molecule has 0 unspecified atom stereocenters. The van der Waals surface area contributed by atoms with Gasteiger partial charge in [-0.2, -0.15) is 0 Å². The number of benzene rings is 1. The van der Waals surface area contributed by atoms with Gasteiger partial charge in [0, 0.05) is 18.0 Å². The molecule has 0 radical (unpaired) electrons. The van der Waals surface area contributed by atoms with Crippen molar-refractivity contribution in [2.45, 2.75) is 6.92 Å². The van der Waals surface area contributed by atoms with Gasteiger partial charge in [-0.25, -0.2) is 14.8 Å². The minimum absolute atomic E-state index is 0.0731. The number of aromatic nitrogens is 2. The lowest BCUT2D eigenvalue weighted by Gasteiger charge is -2.02. The number of carbonyl (C=O) groups excluding carboxylic acids is 1. The first kappa shape index (κ1) is 11.3. The van der Waals surface area contributed by atoms with Crippen molar-refractivity contribution in [3.05, 3.63) is 48.0 Å². The van der Waals surface area contributed by atoms with E-state index in [4.69, 9.17) is 0 Å². The van der Waals surface area contributed by atoms with Crippen LogP contribution in [0.15, 0.2) is 36.7 Å². The van der Waals surface area contributed by atoms with E-state index in [1.54, 1.807) is 12.4 Å². The smallest absolute Gasteiger partial charge is 0.376 e. The summed E-state index contributed by atoms with van der Waals surface area (Å²) in [5.74, 6) is -0.454. The average molecular weight is 228 g/mol. The molecule has 0 fully saturated rings. The number of carbonyl (C=O) groups is 1. The van der Waals surface area contributed by atoms with Gasteiger partial charge in [0.05, 0.1) is 7.11 Å². The summed E-state index contributed by atoms with van der Waals surface area (Å²) in [6.07, 6.45) is 3.24. The normalized spacial score (nSPS) is 10.0. The van der Waals surface area contributed by atoms with Gasteiger partial charge < -0.3 is 4.74 Å². The molecular formula is C13H12N2O2. The zero-order chi connectivity index (χ0) is 12.3. The van der Waals surface area contributed by atoms with Crippen LogP contribution in [0.3, 0.4) is 0 Å². The van der Waals surface area contributed by atoms with Gasteiger partial charge >= 0.3 is 5.97 Å². The summed E-state index contributed by atoms with van der Waals surface area (Å²) in [7, 11) is 1.31. The predicted molar refractivity (Wildman–Crippen MR) is 63.5 cm³/mol. The number of aryl methyl sites for hydroxylation is 1. The molecule has 0 saturated heterocycles. The van der Waals surface area contributed by atoms with Crippen LogP contribution in [0.5, 0.6) is 0 Å². The van der Waals surface area contributed by atoms with Gasteiger partial charge in [-0.1, -0.05) is 29.8 Å². The van der Waals surface area contributed by atoms with E-state index < -0.39 is 5.97 Å². The minimum atomic E-state index is -0.527. The van der Waals surface area contributed by atoms with Crippen LogP contribution in [0.4, 0.5) is 0 Å². The Morgan fingerprint density at radius 1 is 1.18 bits per heavy atom. The van der Waals surface area contributed by atoms with Gasteiger partial charge in [0.1, 0.15) is 0 Å². The van der Waals surface area contributed by atoms with Crippen molar-refractivity contribution in [2.75, 3.05) is 7.11 Å². The number of esters is 1. The first-order valence-electron chi connectivity index (χ1n) is 5.18. The average Bonchev–Trinajstić information content (AvgIpc) is 2.38. The zero-order valence-corrected chi connectivity index (χ0v) is 9.68. The fourth-order valence-electron chi connectivity index (χ4n) is 1.50. The second kappa shape index (κ2) is 4.74. The highest BCUT2D eigenvalue weighted by atomic mass is 16.5. The quantitative estimate of drug-likeness (QED) is 0.740. The molecular weight excluding hydrogens is 216 g/mol. The van der Waals surface area contributed by atoms with Crippen LogP contribution >= 0.6 is 0 Å². The minimum Gasteiger partial charge on any atom is -0.463 e. The van der Waals surface area contributed by atoms with Crippen molar-refractivity contribution in [3.63, 3.8) is 0 Å². The summed E-state index contributed by atoms with van der Waals surface area (Å²) >= 11 is 0. The Labute approximate surface area is 99.3 Å². The summed E-state index contributed by atoms with van der Waals surface area (Å²) < 4.78 is 4.54.